The van der Waals surface area contributed by atoms with Crippen LogP contribution in [-0.2, 0) is 6.54 Å². The van der Waals surface area contributed by atoms with Crippen molar-refractivity contribution in [3.63, 3.8) is 0 Å². The predicted molar refractivity (Wildman–Crippen MR) is 76.3 cm³/mol. The first-order valence-electron chi connectivity index (χ1n) is 5.83. The van der Waals surface area contributed by atoms with Crippen LogP contribution in [0.2, 0.25) is 5.02 Å². The van der Waals surface area contributed by atoms with E-state index >= 15 is 0 Å². The fourth-order valence-corrected chi connectivity index (χ4v) is 1.98. The van der Waals surface area contributed by atoms with E-state index in [-0.39, 0.29) is 5.91 Å². The van der Waals surface area contributed by atoms with Crippen molar-refractivity contribution in [1.29, 1.82) is 0 Å². The molecule has 0 radical (unpaired) electrons. The monoisotopic (exact) mass is 275 g/mol. The van der Waals surface area contributed by atoms with Crippen LogP contribution in [0.1, 0.15) is 21.7 Å². The predicted octanol–water partition coefficient (Wildman–Crippen LogP) is 2.75. The molecule has 0 unspecified atom stereocenters. The van der Waals surface area contributed by atoms with Gasteiger partial charge in [0.15, 0.2) is 0 Å². The van der Waals surface area contributed by atoms with Gasteiger partial charge >= 0.3 is 0 Å². The van der Waals surface area contributed by atoms with E-state index in [1.807, 2.05) is 18.2 Å². The zero-order valence-corrected chi connectivity index (χ0v) is 11.2. The molecule has 1 aromatic carbocycles. The van der Waals surface area contributed by atoms with Gasteiger partial charge in [0.05, 0.1) is 0 Å². The largest absolute Gasteiger partial charge is 0.326 e. The number of pyridine rings is 1. The molecule has 0 aliphatic carbocycles. The van der Waals surface area contributed by atoms with Crippen LogP contribution in [0.4, 0.5) is 5.69 Å². The number of nitrogens with two attached hydrogens (primary N) is 1. The molecule has 19 heavy (non-hydrogen) atoms. The average molecular weight is 276 g/mol. The lowest BCUT2D eigenvalue weighted by atomic mass is 10.2. The van der Waals surface area contributed by atoms with E-state index in [0.29, 0.717) is 28.6 Å². The molecule has 0 aliphatic heterocycles. The van der Waals surface area contributed by atoms with Crippen molar-refractivity contribution in [2.24, 2.45) is 5.73 Å². The third-order valence-electron chi connectivity index (χ3n) is 2.57. The maximum absolute atomic E-state index is 12.1. The van der Waals surface area contributed by atoms with Gasteiger partial charge in [0.25, 0.3) is 5.91 Å². The standard InChI is InChI=1S/C14H14ClN3O/c1-9-5-11(15)7-13(17-9)14(19)18-12-4-2-3-10(6-12)8-16/h2-7H,8,16H2,1H3,(H,18,19). The number of nitrogens with one attached hydrogen (secondary N) is 1. The van der Waals surface area contributed by atoms with Crippen LogP contribution in [0, 0.1) is 6.92 Å². The highest BCUT2D eigenvalue weighted by atomic mass is 35.5. The number of benzene rings is 1. The number of hydrogen-bond donors (Lipinski definition) is 2. The second kappa shape index (κ2) is 5.82. The minimum atomic E-state index is -0.292. The van der Waals surface area contributed by atoms with E-state index in [4.69, 9.17) is 17.3 Å². The summed E-state index contributed by atoms with van der Waals surface area (Å²) >= 11 is 5.91. The van der Waals surface area contributed by atoms with Crippen molar-refractivity contribution in [2.45, 2.75) is 13.5 Å². The van der Waals surface area contributed by atoms with Crippen LogP contribution >= 0.6 is 11.6 Å². The molecule has 0 fully saturated rings. The van der Waals surface area contributed by atoms with Crippen LogP contribution in [0.15, 0.2) is 36.4 Å². The zero-order chi connectivity index (χ0) is 13.8. The number of carbonyl (C=O) groups excluding carboxylic acids is 1. The highest BCUT2D eigenvalue weighted by Crippen LogP contribution is 2.14. The lowest BCUT2D eigenvalue weighted by Gasteiger charge is -2.07. The van der Waals surface area contributed by atoms with Crippen LogP contribution in [0.25, 0.3) is 0 Å². The van der Waals surface area contributed by atoms with Crippen LogP contribution in [-0.4, -0.2) is 10.9 Å². The number of aryl methyl sites for hydroxylation is 1. The van der Waals surface area contributed by atoms with Crippen molar-refractivity contribution in [3.05, 3.63) is 58.4 Å². The molecule has 1 heterocycles. The Morgan fingerprint density at radius 3 is 2.84 bits per heavy atom. The molecule has 98 valence electrons. The van der Waals surface area contributed by atoms with Crippen LogP contribution < -0.4 is 11.1 Å². The SMILES string of the molecule is Cc1cc(Cl)cc(C(=O)Nc2cccc(CN)c2)n1. The second-order valence-corrected chi connectivity index (χ2v) is 4.61. The van der Waals surface area contributed by atoms with Gasteiger partial charge in [0.1, 0.15) is 5.69 Å². The molecule has 0 atom stereocenters. The Labute approximate surface area is 116 Å². The summed E-state index contributed by atoms with van der Waals surface area (Å²) in [5.74, 6) is -0.292. The molecule has 2 rings (SSSR count). The fourth-order valence-electron chi connectivity index (χ4n) is 1.71. The van der Waals surface area contributed by atoms with Crippen molar-refractivity contribution >= 4 is 23.2 Å². The second-order valence-electron chi connectivity index (χ2n) is 4.17. The molecule has 5 heteroatoms. The van der Waals surface area contributed by atoms with Gasteiger partial charge in [-0.1, -0.05) is 23.7 Å². The van der Waals surface area contributed by atoms with Gasteiger partial charge in [-0.2, -0.15) is 0 Å². The summed E-state index contributed by atoms with van der Waals surface area (Å²) in [7, 11) is 0. The number of rotatable bonds is 3. The summed E-state index contributed by atoms with van der Waals surface area (Å²) in [4.78, 5) is 16.2. The number of nitrogens with zero attached hydrogens (tertiary/aromatic N) is 1. The summed E-state index contributed by atoms with van der Waals surface area (Å²) in [5.41, 5.74) is 8.19. The quantitative estimate of drug-likeness (QED) is 0.905. The van der Waals surface area contributed by atoms with Crippen LogP contribution in [0.5, 0.6) is 0 Å². The summed E-state index contributed by atoms with van der Waals surface area (Å²) in [6.45, 7) is 2.22. The number of amides is 1. The molecule has 0 saturated carbocycles. The molecule has 4 nitrogen and oxygen atoms in total. The minimum Gasteiger partial charge on any atom is -0.326 e. The summed E-state index contributed by atoms with van der Waals surface area (Å²) in [6, 6.07) is 10.6. The highest BCUT2D eigenvalue weighted by molar-refractivity contribution is 6.31. The van der Waals surface area contributed by atoms with E-state index in [1.165, 1.54) is 6.07 Å². The Balaban J connectivity index is 2.20. The Kier molecular flexibility index (Phi) is 4.14. The first-order valence-corrected chi connectivity index (χ1v) is 6.21. The summed E-state index contributed by atoms with van der Waals surface area (Å²) in [6.07, 6.45) is 0. The molecular weight excluding hydrogens is 262 g/mol. The smallest absolute Gasteiger partial charge is 0.274 e. The first kappa shape index (κ1) is 13.5. The van der Waals surface area contributed by atoms with Gasteiger partial charge < -0.3 is 11.1 Å². The fraction of sp³-hybridized carbons (Fsp3) is 0.143. The summed E-state index contributed by atoms with van der Waals surface area (Å²) in [5, 5.41) is 3.27. The van der Waals surface area contributed by atoms with Gasteiger partial charge in [0, 0.05) is 22.9 Å². The molecular formula is C14H14ClN3O. The summed E-state index contributed by atoms with van der Waals surface area (Å²) < 4.78 is 0. The topological polar surface area (TPSA) is 68.0 Å². The molecule has 3 N–H and O–H groups in total. The normalized spacial score (nSPS) is 10.3. The van der Waals surface area contributed by atoms with Gasteiger partial charge in [-0.15, -0.1) is 0 Å². The molecule has 2 aromatic rings. The van der Waals surface area contributed by atoms with E-state index in [1.54, 1.807) is 19.1 Å². The lowest BCUT2D eigenvalue weighted by molar-refractivity contribution is 0.102. The Morgan fingerprint density at radius 2 is 2.16 bits per heavy atom. The number of anilines is 1. The van der Waals surface area contributed by atoms with E-state index in [9.17, 15) is 4.79 Å². The van der Waals surface area contributed by atoms with E-state index in [2.05, 4.69) is 10.3 Å². The molecule has 0 aliphatic rings. The average Bonchev–Trinajstić information content (AvgIpc) is 2.37. The Hall–Kier alpha value is -1.91. The van der Waals surface area contributed by atoms with E-state index < -0.39 is 0 Å². The lowest BCUT2D eigenvalue weighted by Crippen LogP contribution is -2.14. The number of aromatic nitrogens is 1. The highest BCUT2D eigenvalue weighted by Gasteiger charge is 2.09. The molecule has 0 bridgehead atoms. The molecule has 1 aromatic heterocycles. The van der Waals surface area contributed by atoms with Crippen molar-refractivity contribution in [1.82, 2.24) is 4.98 Å². The minimum absolute atomic E-state index is 0.292. The maximum Gasteiger partial charge on any atom is 0.274 e. The third-order valence-corrected chi connectivity index (χ3v) is 2.79. The molecule has 1 amide bonds. The van der Waals surface area contributed by atoms with E-state index in [0.717, 1.165) is 5.56 Å². The van der Waals surface area contributed by atoms with Gasteiger partial charge in [-0.25, -0.2) is 4.98 Å². The van der Waals surface area contributed by atoms with Gasteiger partial charge in [-0.3, -0.25) is 4.79 Å². The zero-order valence-electron chi connectivity index (χ0n) is 10.5. The van der Waals surface area contributed by atoms with Gasteiger partial charge in [-0.05, 0) is 36.8 Å². The number of halogens is 1. The maximum atomic E-state index is 12.1. The third kappa shape index (κ3) is 3.53. The Bertz CT molecular complexity index is 593. The van der Waals surface area contributed by atoms with Crippen molar-refractivity contribution in [3.8, 4) is 0 Å². The van der Waals surface area contributed by atoms with Crippen molar-refractivity contribution in [2.75, 3.05) is 5.32 Å². The molecule has 0 spiro atoms. The van der Waals surface area contributed by atoms with Gasteiger partial charge in [0.2, 0.25) is 0 Å². The Morgan fingerprint density at radius 1 is 1.37 bits per heavy atom. The first-order chi connectivity index (χ1) is 9.08. The number of hydrogen-bond acceptors (Lipinski definition) is 3. The van der Waals surface area contributed by atoms with Crippen molar-refractivity contribution < 1.29 is 4.79 Å². The number of carbonyl (C=O) groups is 1. The van der Waals surface area contributed by atoms with Crippen LogP contribution in [0.3, 0.4) is 0 Å². The molecule has 0 saturated heterocycles.